The monoisotopic (exact) mass is 140 g/mol. The third-order valence-electron chi connectivity index (χ3n) is 1.07. The maximum absolute atomic E-state index is 5.60. The Bertz CT molecular complexity index is 81.8. The second-order valence-electron chi connectivity index (χ2n) is 1.76. The molecular weight excluding hydrogens is 135 g/mol. The molecule has 1 fully saturated rings. The van der Waals surface area contributed by atoms with Crippen LogP contribution in [0.3, 0.4) is 0 Å². The molecule has 1 aliphatic heterocycles. The Morgan fingerprint density at radius 2 is 2.29 bits per heavy atom. The van der Waals surface area contributed by atoms with Gasteiger partial charge in [-0.15, -0.1) is 11.6 Å². The van der Waals surface area contributed by atoms with E-state index in [2.05, 4.69) is 0 Å². The minimum atomic E-state index is -0.582. The van der Waals surface area contributed by atoms with Crippen LogP contribution in [0.5, 0.6) is 0 Å². The fourth-order valence-electron chi connectivity index (χ4n) is 0.376. The van der Waals surface area contributed by atoms with Crippen LogP contribution < -0.4 is 0 Å². The van der Waals surface area contributed by atoms with E-state index in [1.807, 2.05) is 0 Å². The molecule has 1 saturated heterocycles. The van der Waals surface area contributed by atoms with Crippen LogP contribution in [0.2, 0.25) is 0 Å². The predicted octanol–water partition coefficient (Wildman–Crippen LogP) is 1.58. The fraction of sp³-hybridized carbons (Fsp3) is 1.00. The third-order valence-corrected chi connectivity index (χ3v) is 2.10. The maximum Gasteiger partial charge on any atom is 0.157 e. The summed E-state index contributed by atoms with van der Waals surface area (Å²) in [4.78, 5) is 0. The molecule has 0 amide bonds. The SMILES string of the molecule is CC1(Cl)OCC1Cl. The van der Waals surface area contributed by atoms with Crippen molar-refractivity contribution in [3.8, 4) is 0 Å². The lowest BCUT2D eigenvalue weighted by Crippen LogP contribution is -2.47. The molecular formula is C4H6Cl2O. The largest absolute Gasteiger partial charge is 0.357 e. The summed E-state index contributed by atoms with van der Waals surface area (Å²) < 4.78 is 4.86. The van der Waals surface area contributed by atoms with Gasteiger partial charge in [0.1, 0.15) is 0 Å². The molecule has 42 valence electrons. The van der Waals surface area contributed by atoms with Gasteiger partial charge >= 0.3 is 0 Å². The van der Waals surface area contributed by atoms with Crippen molar-refractivity contribution >= 4 is 23.2 Å². The van der Waals surface area contributed by atoms with Crippen LogP contribution in [0.4, 0.5) is 0 Å². The summed E-state index contributed by atoms with van der Waals surface area (Å²) in [5.74, 6) is 0. The van der Waals surface area contributed by atoms with Crippen LogP contribution in [0.15, 0.2) is 0 Å². The molecule has 1 rings (SSSR count). The van der Waals surface area contributed by atoms with Crippen molar-refractivity contribution in [2.45, 2.75) is 17.4 Å². The van der Waals surface area contributed by atoms with Gasteiger partial charge in [-0.3, -0.25) is 0 Å². The summed E-state index contributed by atoms with van der Waals surface area (Å²) in [6.45, 7) is 2.34. The van der Waals surface area contributed by atoms with E-state index in [0.717, 1.165) is 0 Å². The lowest BCUT2D eigenvalue weighted by molar-refractivity contribution is -0.0659. The molecule has 0 N–H and O–H groups in total. The highest BCUT2D eigenvalue weighted by atomic mass is 35.5. The van der Waals surface area contributed by atoms with Gasteiger partial charge < -0.3 is 4.74 Å². The Balaban J connectivity index is 2.43. The average Bonchev–Trinajstić information content (AvgIpc) is 1.63. The smallest absolute Gasteiger partial charge is 0.157 e. The van der Waals surface area contributed by atoms with Gasteiger partial charge in [-0.25, -0.2) is 0 Å². The molecule has 0 aromatic rings. The van der Waals surface area contributed by atoms with Crippen LogP contribution in [-0.4, -0.2) is 17.0 Å². The first-order chi connectivity index (χ1) is 3.13. The van der Waals surface area contributed by atoms with Crippen molar-refractivity contribution in [1.29, 1.82) is 0 Å². The van der Waals surface area contributed by atoms with Crippen LogP contribution in [0.25, 0.3) is 0 Å². The van der Waals surface area contributed by atoms with Crippen molar-refractivity contribution in [3.05, 3.63) is 0 Å². The highest BCUT2D eigenvalue weighted by Gasteiger charge is 2.41. The summed E-state index contributed by atoms with van der Waals surface area (Å²) >= 11 is 11.2. The molecule has 0 saturated carbocycles. The van der Waals surface area contributed by atoms with Gasteiger partial charge in [0.15, 0.2) is 5.06 Å². The van der Waals surface area contributed by atoms with Crippen molar-refractivity contribution in [1.82, 2.24) is 0 Å². The molecule has 3 heteroatoms. The van der Waals surface area contributed by atoms with E-state index in [-0.39, 0.29) is 5.38 Å². The summed E-state index contributed by atoms with van der Waals surface area (Å²) in [7, 11) is 0. The Hall–Kier alpha value is 0.540. The standard InChI is InChI=1S/C4H6Cl2O/c1-4(6)3(5)2-7-4/h3H,2H2,1H3. The molecule has 0 spiro atoms. The first-order valence-corrected chi connectivity index (χ1v) is 2.91. The Kier molecular flexibility index (Phi) is 1.22. The van der Waals surface area contributed by atoms with Gasteiger partial charge in [0.05, 0.1) is 12.0 Å². The van der Waals surface area contributed by atoms with Crippen molar-refractivity contribution in [3.63, 3.8) is 0 Å². The highest BCUT2D eigenvalue weighted by molar-refractivity contribution is 6.32. The molecule has 2 atom stereocenters. The van der Waals surface area contributed by atoms with Crippen LogP contribution in [0, 0.1) is 0 Å². The topological polar surface area (TPSA) is 9.23 Å². The molecule has 0 aliphatic carbocycles. The Morgan fingerprint density at radius 3 is 2.29 bits per heavy atom. The first-order valence-electron chi connectivity index (χ1n) is 2.10. The van der Waals surface area contributed by atoms with Crippen molar-refractivity contribution in [2.75, 3.05) is 6.61 Å². The number of alkyl halides is 2. The molecule has 1 nitrogen and oxygen atoms in total. The molecule has 2 unspecified atom stereocenters. The summed E-state index contributed by atoms with van der Waals surface area (Å²) in [5.41, 5.74) is 0. The van der Waals surface area contributed by atoms with Gasteiger partial charge in [0.25, 0.3) is 0 Å². The first kappa shape index (κ1) is 5.67. The number of halogens is 2. The predicted molar refractivity (Wildman–Crippen MR) is 29.9 cm³/mol. The van der Waals surface area contributed by atoms with E-state index in [1.54, 1.807) is 6.92 Å². The molecule has 7 heavy (non-hydrogen) atoms. The van der Waals surface area contributed by atoms with Gasteiger partial charge in [-0.2, -0.15) is 0 Å². The maximum atomic E-state index is 5.60. The highest BCUT2D eigenvalue weighted by Crippen LogP contribution is 2.34. The van der Waals surface area contributed by atoms with E-state index in [4.69, 9.17) is 27.9 Å². The van der Waals surface area contributed by atoms with E-state index >= 15 is 0 Å². The zero-order chi connectivity index (χ0) is 5.49. The lowest BCUT2D eigenvalue weighted by Gasteiger charge is -2.37. The molecule has 0 radical (unpaired) electrons. The Morgan fingerprint density at radius 1 is 1.86 bits per heavy atom. The van der Waals surface area contributed by atoms with Gasteiger partial charge in [0, 0.05) is 0 Å². The molecule has 0 aromatic carbocycles. The van der Waals surface area contributed by atoms with E-state index in [1.165, 1.54) is 0 Å². The summed E-state index contributed by atoms with van der Waals surface area (Å²) in [6, 6.07) is 0. The zero-order valence-corrected chi connectivity index (χ0v) is 5.46. The average molecular weight is 141 g/mol. The summed E-state index contributed by atoms with van der Waals surface area (Å²) in [6.07, 6.45) is 0. The van der Waals surface area contributed by atoms with E-state index in [9.17, 15) is 0 Å². The molecule has 1 heterocycles. The van der Waals surface area contributed by atoms with E-state index in [0.29, 0.717) is 6.61 Å². The van der Waals surface area contributed by atoms with Gasteiger partial charge in [0.2, 0.25) is 0 Å². The minimum Gasteiger partial charge on any atom is -0.357 e. The lowest BCUT2D eigenvalue weighted by atomic mass is 10.2. The Labute approximate surface area is 52.5 Å². The molecule has 0 bridgehead atoms. The van der Waals surface area contributed by atoms with E-state index < -0.39 is 5.06 Å². The van der Waals surface area contributed by atoms with Crippen LogP contribution >= 0.6 is 23.2 Å². The van der Waals surface area contributed by atoms with Gasteiger partial charge in [-0.05, 0) is 6.92 Å². The molecule has 1 aliphatic rings. The third kappa shape index (κ3) is 0.857. The number of hydrogen-bond donors (Lipinski definition) is 0. The minimum absolute atomic E-state index is 0.00540. The second-order valence-corrected chi connectivity index (χ2v) is 3.04. The molecule has 0 aromatic heterocycles. The number of ether oxygens (including phenoxy) is 1. The van der Waals surface area contributed by atoms with Crippen molar-refractivity contribution in [2.24, 2.45) is 0 Å². The van der Waals surface area contributed by atoms with Crippen LogP contribution in [-0.2, 0) is 4.74 Å². The number of hydrogen-bond acceptors (Lipinski definition) is 1. The van der Waals surface area contributed by atoms with Gasteiger partial charge in [-0.1, -0.05) is 11.6 Å². The quantitative estimate of drug-likeness (QED) is 0.465. The van der Waals surface area contributed by atoms with Crippen molar-refractivity contribution < 1.29 is 4.74 Å². The normalized spacial score (nSPS) is 51.0. The number of rotatable bonds is 0. The summed E-state index contributed by atoms with van der Waals surface area (Å²) in [5, 5.41) is -0.587. The second kappa shape index (κ2) is 1.51. The zero-order valence-electron chi connectivity index (χ0n) is 3.95. The van der Waals surface area contributed by atoms with Crippen LogP contribution in [0.1, 0.15) is 6.92 Å². The fourth-order valence-corrected chi connectivity index (χ4v) is 0.628.